The number of rotatable bonds is 7. The van der Waals surface area contributed by atoms with E-state index in [4.69, 9.17) is 9.72 Å². The molecule has 0 spiro atoms. The summed E-state index contributed by atoms with van der Waals surface area (Å²) >= 11 is 1.42. The van der Waals surface area contributed by atoms with E-state index in [9.17, 15) is 13.2 Å². The van der Waals surface area contributed by atoms with Crippen LogP contribution in [0.25, 0.3) is 10.2 Å². The molecule has 8 heteroatoms. The lowest BCUT2D eigenvalue weighted by atomic mass is 10.1. The van der Waals surface area contributed by atoms with E-state index < -0.39 is 21.5 Å². The molecule has 1 amide bonds. The normalized spacial score (nSPS) is 16.6. The van der Waals surface area contributed by atoms with Crippen LogP contribution in [0.5, 0.6) is 0 Å². The molecule has 1 atom stereocenters. The lowest BCUT2D eigenvalue weighted by Crippen LogP contribution is -2.41. The van der Waals surface area contributed by atoms with Gasteiger partial charge in [0.25, 0.3) is 0 Å². The highest BCUT2D eigenvalue weighted by Gasteiger charge is 2.29. The first-order valence-electron chi connectivity index (χ1n) is 10.3. The van der Waals surface area contributed by atoms with Gasteiger partial charge in [-0.3, -0.25) is 9.69 Å². The van der Waals surface area contributed by atoms with Gasteiger partial charge in [-0.1, -0.05) is 47.7 Å². The van der Waals surface area contributed by atoms with Crippen molar-refractivity contribution in [2.24, 2.45) is 0 Å². The molecule has 0 bridgehead atoms. The minimum atomic E-state index is -3.62. The standard InChI is InChI=1S/C23H26N2O4S2/c1-16-11-17(2)22-20(12-16)30-23(24-22)25(13-19-9-6-10-29-19)21(26)15-31(27,28)14-18-7-4-3-5-8-18/h3-5,7-8,11-12,19H,6,9-10,13-15H2,1-2H3. The average Bonchev–Trinajstić information content (AvgIpc) is 3.35. The molecule has 31 heavy (non-hydrogen) atoms. The van der Waals surface area contributed by atoms with Gasteiger partial charge in [0.2, 0.25) is 5.91 Å². The smallest absolute Gasteiger partial charge is 0.244 e. The van der Waals surface area contributed by atoms with Crippen LogP contribution in [0.15, 0.2) is 42.5 Å². The second-order valence-corrected chi connectivity index (χ2v) is 11.2. The molecule has 0 N–H and O–H groups in total. The number of ether oxygens (including phenoxy) is 1. The zero-order valence-corrected chi connectivity index (χ0v) is 19.3. The highest BCUT2D eigenvalue weighted by molar-refractivity contribution is 7.91. The van der Waals surface area contributed by atoms with Crippen LogP contribution < -0.4 is 4.90 Å². The van der Waals surface area contributed by atoms with Crippen LogP contribution in [0, 0.1) is 13.8 Å². The molecule has 1 aliphatic rings. The Bertz CT molecular complexity index is 1180. The van der Waals surface area contributed by atoms with Crippen molar-refractivity contribution < 1.29 is 17.9 Å². The van der Waals surface area contributed by atoms with Gasteiger partial charge >= 0.3 is 0 Å². The summed E-state index contributed by atoms with van der Waals surface area (Å²) in [5, 5.41) is 0.527. The van der Waals surface area contributed by atoms with Crippen LogP contribution in [0.4, 0.5) is 5.13 Å². The van der Waals surface area contributed by atoms with Gasteiger partial charge in [-0.2, -0.15) is 0 Å². The molecular formula is C23H26N2O4S2. The van der Waals surface area contributed by atoms with E-state index in [1.165, 1.54) is 16.2 Å². The van der Waals surface area contributed by atoms with E-state index in [2.05, 4.69) is 6.07 Å². The van der Waals surface area contributed by atoms with Crippen molar-refractivity contribution in [2.75, 3.05) is 23.8 Å². The summed E-state index contributed by atoms with van der Waals surface area (Å²) in [6.45, 7) is 5.00. The molecular weight excluding hydrogens is 432 g/mol. The van der Waals surface area contributed by atoms with Gasteiger partial charge in [0, 0.05) is 6.61 Å². The lowest BCUT2D eigenvalue weighted by Gasteiger charge is -2.23. The lowest BCUT2D eigenvalue weighted by molar-refractivity contribution is -0.116. The van der Waals surface area contributed by atoms with Crippen molar-refractivity contribution in [2.45, 2.75) is 38.5 Å². The summed E-state index contributed by atoms with van der Waals surface area (Å²) in [5.41, 5.74) is 3.69. The van der Waals surface area contributed by atoms with E-state index in [1.54, 1.807) is 24.3 Å². The summed E-state index contributed by atoms with van der Waals surface area (Å²) in [4.78, 5) is 19.4. The summed E-state index contributed by atoms with van der Waals surface area (Å²) in [7, 11) is -3.62. The predicted molar refractivity (Wildman–Crippen MR) is 124 cm³/mol. The van der Waals surface area contributed by atoms with E-state index in [-0.39, 0.29) is 11.9 Å². The molecule has 3 aromatic rings. The van der Waals surface area contributed by atoms with E-state index >= 15 is 0 Å². The van der Waals surface area contributed by atoms with Gasteiger partial charge in [-0.25, -0.2) is 13.4 Å². The second kappa shape index (κ2) is 9.06. The topological polar surface area (TPSA) is 76.6 Å². The first-order chi connectivity index (χ1) is 14.8. The largest absolute Gasteiger partial charge is 0.376 e. The molecule has 164 valence electrons. The number of anilines is 1. The number of carbonyl (C=O) groups is 1. The zero-order chi connectivity index (χ0) is 22.0. The number of fused-ring (bicyclic) bond motifs is 1. The van der Waals surface area contributed by atoms with Crippen LogP contribution in [0.3, 0.4) is 0 Å². The molecule has 0 aliphatic carbocycles. The van der Waals surface area contributed by atoms with Crippen molar-refractivity contribution >= 4 is 42.4 Å². The second-order valence-electron chi connectivity index (χ2n) is 8.08. The number of benzene rings is 2. The van der Waals surface area contributed by atoms with E-state index in [0.717, 1.165) is 34.2 Å². The molecule has 2 heterocycles. The van der Waals surface area contributed by atoms with E-state index in [0.29, 0.717) is 23.8 Å². The minimum absolute atomic E-state index is 0.101. The maximum absolute atomic E-state index is 13.2. The van der Waals surface area contributed by atoms with Crippen molar-refractivity contribution in [1.82, 2.24) is 4.98 Å². The number of thiazole rings is 1. The molecule has 0 radical (unpaired) electrons. The quantitative estimate of drug-likeness (QED) is 0.534. The Morgan fingerprint density at radius 1 is 1.23 bits per heavy atom. The predicted octanol–water partition coefficient (Wildman–Crippen LogP) is 4.04. The highest BCUT2D eigenvalue weighted by Crippen LogP contribution is 2.32. The number of aromatic nitrogens is 1. The zero-order valence-electron chi connectivity index (χ0n) is 17.7. The first-order valence-corrected chi connectivity index (χ1v) is 13.0. The van der Waals surface area contributed by atoms with Crippen molar-refractivity contribution in [3.05, 3.63) is 59.2 Å². The number of hydrogen-bond donors (Lipinski definition) is 0. The fourth-order valence-electron chi connectivity index (χ4n) is 3.90. The van der Waals surface area contributed by atoms with Gasteiger partial charge in [0.05, 0.1) is 28.6 Å². The van der Waals surface area contributed by atoms with Crippen LogP contribution in [-0.4, -0.2) is 44.3 Å². The Kier molecular flexibility index (Phi) is 6.41. The number of carbonyl (C=O) groups excluding carboxylic acids is 1. The summed E-state index contributed by atoms with van der Waals surface area (Å²) in [6, 6.07) is 13.0. The molecule has 1 unspecified atom stereocenters. The van der Waals surface area contributed by atoms with Gasteiger partial charge in [0.15, 0.2) is 15.0 Å². The molecule has 6 nitrogen and oxygen atoms in total. The van der Waals surface area contributed by atoms with Crippen LogP contribution in [0.2, 0.25) is 0 Å². The van der Waals surface area contributed by atoms with Gasteiger partial charge in [-0.15, -0.1) is 0 Å². The fraction of sp³-hybridized carbons (Fsp3) is 0.391. The maximum atomic E-state index is 13.2. The van der Waals surface area contributed by atoms with Crippen molar-refractivity contribution in [3.8, 4) is 0 Å². The maximum Gasteiger partial charge on any atom is 0.244 e. The monoisotopic (exact) mass is 458 g/mol. The minimum Gasteiger partial charge on any atom is -0.376 e. The average molecular weight is 459 g/mol. The third-order valence-corrected chi connectivity index (χ3v) is 7.82. The molecule has 1 aromatic heterocycles. The third kappa shape index (κ3) is 5.31. The molecule has 0 saturated carbocycles. The van der Waals surface area contributed by atoms with Crippen molar-refractivity contribution in [1.29, 1.82) is 0 Å². The Hall–Kier alpha value is -2.29. The Morgan fingerprint density at radius 3 is 2.71 bits per heavy atom. The number of nitrogens with zero attached hydrogens (tertiary/aromatic N) is 2. The molecule has 1 fully saturated rings. The van der Waals surface area contributed by atoms with Crippen LogP contribution in [-0.2, 0) is 25.1 Å². The van der Waals surface area contributed by atoms with Crippen LogP contribution >= 0.6 is 11.3 Å². The first kappa shape index (κ1) is 21.9. The molecule has 4 rings (SSSR count). The SMILES string of the molecule is Cc1cc(C)c2nc(N(CC3CCCO3)C(=O)CS(=O)(=O)Cc3ccccc3)sc2c1. The van der Waals surface area contributed by atoms with Gasteiger partial charge < -0.3 is 4.74 Å². The number of aryl methyl sites for hydroxylation is 2. The summed E-state index contributed by atoms with van der Waals surface area (Å²) in [6.07, 6.45) is 1.69. The molecule has 1 saturated heterocycles. The van der Waals surface area contributed by atoms with Gasteiger partial charge in [0.1, 0.15) is 5.75 Å². The fourth-order valence-corrected chi connectivity index (χ4v) is 6.40. The summed E-state index contributed by atoms with van der Waals surface area (Å²) in [5.74, 6) is -1.17. The van der Waals surface area contributed by atoms with Crippen molar-refractivity contribution in [3.63, 3.8) is 0 Å². The van der Waals surface area contributed by atoms with Crippen LogP contribution in [0.1, 0.15) is 29.5 Å². The third-order valence-electron chi connectivity index (χ3n) is 5.33. The number of sulfone groups is 1. The summed E-state index contributed by atoms with van der Waals surface area (Å²) < 4.78 is 32.2. The van der Waals surface area contributed by atoms with E-state index in [1.807, 2.05) is 26.0 Å². The number of hydrogen-bond acceptors (Lipinski definition) is 6. The Morgan fingerprint density at radius 2 is 2.00 bits per heavy atom. The Balaban J connectivity index is 1.61. The highest BCUT2D eigenvalue weighted by atomic mass is 32.2. The Labute approximate surface area is 186 Å². The molecule has 1 aliphatic heterocycles. The van der Waals surface area contributed by atoms with Gasteiger partial charge in [-0.05, 0) is 49.4 Å². The molecule has 2 aromatic carbocycles. The number of amides is 1.